The van der Waals surface area contributed by atoms with Crippen molar-refractivity contribution >= 4 is 0 Å². The highest BCUT2D eigenvalue weighted by molar-refractivity contribution is 4.62. The number of likely N-dealkylation sites (N-methyl/N-ethyl adjacent to an activating group) is 1. The third-order valence-electron chi connectivity index (χ3n) is 1.26. The van der Waals surface area contributed by atoms with Crippen LogP contribution in [0.5, 0.6) is 0 Å². The van der Waals surface area contributed by atoms with Crippen molar-refractivity contribution in [3.63, 3.8) is 0 Å². The summed E-state index contributed by atoms with van der Waals surface area (Å²) in [4.78, 5) is 2.13. The quantitative estimate of drug-likeness (QED) is 0.684. The van der Waals surface area contributed by atoms with Gasteiger partial charge in [0.25, 0.3) is 0 Å². The van der Waals surface area contributed by atoms with Crippen LogP contribution < -0.4 is 5.73 Å². The molecule has 0 fully saturated rings. The van der Waals surface area contributed by atoms with Gasteiger partial charge in [-0.1, -0.05) is 27.2 Å². The van der Waals surface area contributed by atoms with E-state index in [-0.39, 0.29) is 1.43 Å². The molecule has 0 saturated carbocycles. The number of rotatable bonds is 4. The average Bonchev–Trinajstić information content (AvgIpc) is 1.91. The van der Waals surface area contributed by atoms with Crippen molar-refractivity contribution in [1.29, 1.82) is 0 Å². The molecular formula is C9H26N2. The normalized spacial score (nSPS) is 12.3. The monoisotopic (exact) mass is 162 g/mol. The van der Waals surface area contributed by atoms with Gasteiger partial charge in [0.05, 0.1) is 0 Å². The number of nitrogens with two attached hydrogens (primary N) is 1. The first-order valence-corrected chi connectivity index (χ1v) is 4.57. The van der Waals surface area contributed by atoms with Crippen LogP contribution in [0.4, 0.5) is 0 Å². The van der Waals surface area contributed by atoms with Crippen LogP contribution in [0.15, 0.2) is 0 Å². The van der Waals surface area contributed by atoms with Gasteiger partial charge in [0.1, 0.15) is 0 Å². The van der Waals surface area contributed by atoms with E-state index in [1.807, 2.05) is 13.8 Å². The van der Waals surface area contributed by atoms with Gasteiger partial charge in [-0.15, -0.1) is 0 Å². The highest BCUT2D eigenvalue weighted by Crippen LogP contribution is 1.93. The van der Waals surface area contributed by atoms with Crippen LogP contribution in [-0.4, -0.2) is 31.6 Å². The van der Waals surface area contributed by atoms with Crippen molar-refractivity contribution in [2.45, 2.75) is 39.7 Å². The summed E-state index contributed by atoms with van der Waals surface area (Å²) in [6, 6.07) is 0.366. The van der Waals surface area contributed by atoms with E-state index in [2.05, 4.69) is 25.9 Å². The molecule has 0 aromatic carbocycles. The lowest BCUT2D eigenvalue weighted by Gasteiger charge is -2.15. The molecule has 1 unspecified atom stereocenters. The Morgan fingerprint density at radius 2 is 1.82 bits per heavy atom. The number of hydrogen-bond donors (Lipinski definition) is 1. The van der Waals surface area contributed by atoms with E-state index < -0.39 is 0 Å². The molecule has 0 radical (unpaired) electrons. The molecule has 2 N–H and O–H groups in total. The summed E-state index contributed by atoms with van der Waals surface area (Å²) in [7, 11) is 4.10. The molecule has 0 saturated heterocycles. The second-order valence-electron chi connectivity index (χ2n) is 2.81. The maximum Gasteiger partial charge on any atom is 0.0167 e. The van der Waals surface area contributed by atoms with Gasteiger partial charge in [0.15, 0.2) is 0 Å². The zero-order valence-corrected chi connectivity index (χ0v) is 8.72. The first-order valence-electron chi connectivity index (χ1n) is 4.57. The van der Waals surface area contributed by atoms with E-state index in [0.717, 1.165) is 13.0 Å². The minimum absolute atomic E-state index is 0. The van der Waals surface area contributed by atoms with E-state index in [1.54, 1.807) is 0 Å². The zero-order chi connectivity index (χ0) is 9.28. The molecule has 0 heterocycles. The highest BCUT2D eigenvalue weighted by Gasteiger charge is 2.00. The predicted molar refractivity (Wildman–Crippen MR) is 54.9 cm³/mol. The summed E-state index contributed by atoms with van der Waals surface area (Å²) in [5, 5.41) is 0. The van der Waals surface area contributed by atoms with Gasteiger partial charge >= 0.3 is 0 Å². The predicted octanol–water partition coefficient (Wildman–Crippen LogP) is 1.95. The lowest BCUT2D eigenvalue weighted by molar-refractivity contribution is 0.362. The molecule has 0 bridgehead atoms. The Bertz CT molecular complexity index is 67.5. The van der Waals surface area contributed by atoms with Gasteiger partial charge in [-0.2, -0.15) is 0 Å². The van der Waals surface area contributed by atoms with Gasteiger partial charge < -0.3 is 10.6 Å². The molecule has 0 spiro atoms. The molecule has 0 aliphatic rings. The lowest BCUT2D eigenvalue weighted by Crippen LogP contribution is -2.32. The average molecular weight is 162 g/mol. The van der Waals surface area contributed by atoms with Crippen molar-refractivity contribution in [2.24, 2.45) is 5.73 Å². The molecule has 0 aliphatic carbocycles. The second-order valence-corrected chi connectivity index (χ2v) is 2.81. The van der Waals surface area contributed by atoms with Crippen molar-refractivity contribution in [3.05, 3.63) is 0 Å². The van der Waals surface area contributed by atoms with Crippen molar-refractivity contribution < 1.29 is 1.43 Å². The molecule has 0 amide bonds. The summed E-state index contributed by atoms with van der Waals surface area (Å²) in [5.41, 5.74) is 5.74. The molecule has 0 aromatic heterocycles. The first kappa shape index (κ1) is 13.5. The Balaban J connectivity index is -0.000000249. The largest absolute Gasteiger partial charge is 0.327 e. The van der Waals surface area contributed by atoms with Crippen molar-refractivity contribution in [1.82, 2.24) is 4.90 Å². The van der Waals surface area contributed by atoms with Gasteiger partial charge in [-0.05, 0) is 20.5 Å². The Morgan fingerprint density at radius 3 is 2.09 bits per heavy atom. The Labute approximate surface area is 73.2 Å². The topological polar surface area (TPSA) is 29.3 Å². The third-order valence-corrected chi connectivity index (χ3v) is 1.26. The molecular weight excluding hydrogens is 136 g/mol. The van der Waals surface area contributed by atoms with E-state index >= 15 is 0 Å². The summed E-state index contributed by atoms with van der Waals surface area (Å²) < 4.78 is 0. The molecule has 2 heteroatoms. The maximum atomic E-state index is 5.74. The highest BCUT2D eigenvalue weighted by atomic mass is 15.1. The van der Waals surface area contributed by atoms with Crippen LogP contribution in [0.1, 0.15) is 35.0 Å². The van der Waals surface area contributed by atoms with Crippen LogP contribution in [0.3, 0.4) is 0 Å². The Kier molecular flexibility index (Phi) is 12.2. The van der Waals surface area contributed by atoms with Gasteiger partial charge in [-0.25, -0.2) is 0 Å². The summed E-state index contributed by atoms with van der Waals surface area (Å²) in [6.07, 6.45) is 2.33. The molecule has 1 atom stereocenters. The van der Waals surface area contributed by atoms with Crippen molar-refractivity contribution in [2.75, 3.05) is 20.6 Å². The number of nitrogens with zero attached hydrogens (tertiary/aromatic N) is 1. The third kappa shape index (κ3) is 13.0. The first-order chi connectivity index (χ1) is 5.16. The standard InChI is InChI=1S/C7H18N2.C2H6.H2/c1-4-5-7(8)6-9(2)3;1-2;/h7H,4-6,8H2,1-3H3;1-2H3;1H. The van der Waals surface area contributed by atoms with Gasteiger partial charge in [0, 0.05) is 14.0 Å². The van der Waals surface area contributed by atoms with Crippen molar-refractivity contribution in [3.8, 4) is 0 Å². The van der Waals surface area contributed by atoms with E-state index in [0.29, 0.717) is 6.04 Å². The minimum atomic E-state index is 0. The summed E-state index contributed by atoms with van der Waals surface area (Å²) in [5.74, 6) is 0. The molecule has 2 nitrogen and oxygen atoms in total. The van der Waals surface area contributed by atoms with Gasteiger partial charge in [-0.3, -0.25) is 0 Å². The van der Waals surface area contributed by atoms with Gasteiger partial charge in [0.2, 0.25) is 0 Å². The Morgan fingerprint density at radius 1 is 1.36 bits per heavy atom. The van der Waals surface area contributed by atoms with E-state index in [4.69, 9.17) is 5.73 Å². The maximum absolute atomic E-state index is 5.74. The summed E-state index contributed by atoms with van der Waals surface area (Å²) in [6.45, 7) is 7.17. The molecule has 0 aromatic rings. The zero-order valence-electron chi connectivity index (χ0n) is 8.72. The van der Waals surface area contributed by atoms with Crippen LogP contribution in [0, 0.1) is 0 Å². The fourth-order valence-corrected chi connectivity index (χ4v) is 0.931. The number of hydrogen-bond acceptors (Lipinski definition) is 2. The molecule has 11 heavy (non-hydrogen) atoms. The Hall–Kier alpha value is -0.0800. The lowest BCUT2D eigenvalue weighted by atomic mass is 10.2. The molecule has 0 rings (SSSR count). The molecule has 0 aliphatic heterocycles. The van der Waals surface area contributed by atoms with Crippen LogP contribution in [0.25, 0.3) is 0 Å². The fraction of sp³-hybridized carbons (Fsp3) is 1.00. The van der Waals surface area contributed by atoms with E-state index in [9.17, 15) is 0 Å². The summed E-state index contributed by atoms with van der Waals surface area (Å²) >= 11 is 0. The SMILES string of the molecule is CC.CCCC(N)CN(C)C.[HH]. The smallest absolute Gasteiger partial charge is 0.0167 e. The minimum Gasteiger partial charge on any atom is -0.327 e. The molecule has 72 valence electrons. The van der Waals surface area contributed by atoms with Crippen LogP contribution in [-0.2, 0) is 0 Å². The van der Waals surface area contributed by atoms with E-state index in [1.165, 1.54) is 6.42 Å². The fourth-order valence-electron chi connectivity index (χ4n) is 0.931. The second kappa shape index (κ2) is 9.92. The van der Waals surface area contributed by atoms with Crippen LogP contribution >= 0.6 is 0 Å². The van der Waals surface area contributed by atoms with Crippen LogP contribution in [0.2, 0.25) is 0 Å².